The summed E-state index contributed by atoms with van der Waals surface area (Å²) in [5, 5.41) is 10.7. The van der Waals surface area contributed by atoms with Crippen LogP contribution in [0.5, 0.6) is 0 Å². The van der Waals surface area contributed by atoms with Gasteiger partial charge in [-0.25, -0.2) is 9.98 Å². The molecule has 0 fully saturated rings. The first-order valence-electron chi connectivity index (χ1n) is 9.85. The van der Waals surface area contributed by atoms with E-state index in [1.807, 2.05) is 38.1 Å². The van der Waals surface area contributed by atoms with Crippen LogP contribution in [-0.4, -0.2) is 29.9 Å². The highest BCUT2D eigenvalue weighted by Gasteiger charge is 2.05. The third-order valence-corrected chi connectivity index (χ3v) is 5.29. The van der Waals surface area contributed by atoms with Crippen LogP contribution in [0, 0.1) is 13.8 Å². The van der Waals surface area contributed by atoms with E-state index >= 15 is 0 Å². The highest BCUT2D eigenvalue weighted by molar-refractivity contribution is 7.11. The van der Waals surface area contributed by atoms with Gasteiger partial charge in [0.2, 0.25) is 5.91 Å². The predicted octanol–water partition coefficient (Wildman–Crippen LogP) is 3.80. The van der Waals surface area contributed by atoms with E-state index in [9.17, 15) is 4.79 Å². The van der Waals surface area contributed by atoms with Gasteiger partial charge in [-0.05, 0) is 44.9 Å². The van der Waals surface area contributed by atoms with Crippen molar-refractivity contribution in [3.8, 4) is 0 Å². The number of thiazole rings is 1. The molecule has 0 saturated carbocycles. The lowest BCUT2D eigenvalue weighted by atomic mass is 10.2. The van der Waals surface area contributed by atoms with Gasteiger partial charge in [-0.2, -0.15) is 0 Å². The summed E-state index contributed by atoms with van der Waals surface area (Å²) in [6, 6.07) is 7.84. The molecule has 1 heterocycles. The van der Waals surface area contributed by atoms with Crippen molar-refractivity contribution in [1.82, 2.24) is 15.6 Å². The summed E-state index contributed by atoms with van der Waals surface area (Å²) in [5.74, 6) is 0.832. The van der Waals surface area contributed by atoms with Crippen molar-refractivity contribution < 1.29 is 4.79 Å². The molecule has 0 unspecified atom stereocenters. The Morgan fingerprint density at radius 2 is 2.04 bits per heavy atom. The first-order valence-corrected chi connectivity index (χ1v) is 10.7. The Labute approximate surface area is 171 Å². The first-order chi connectivity index (χ1) is 13.5. The van der Waals surface area contributed by atoms with Crippen LogP contribution in [0.25, 0.3) is 0 Å². The Morgan fingerprint density at radius 1 is 1.21 bits per heavy atom. The van der Waals surface area contributed by atoms with Gasteiger partial charge in [-0.3, -0.25) is 4.79 Å². The van der Waals surface area contributed by atoms with Crippen LogP contribution < -0.4 is 16.0 Å². The Bertz CT molecular complexity index is 780. The molecule has 6 nitrogen and oxygen atoms in total. The van der Waals surface area contributed by atoms with Crippen molar-refractivity contribution in [1.29, 1.82) is 0 Å². The Balaban J connectivity index is 1.91. The summed E-state index contributed by atoms with van der Waals surface area (Å²) in [5.41, 5.74) is 2.99. The molecule has 0 atom stereocenters. The van der Waals surface area contributed by atoms with E-state index < -0.39 is 0 Å². The van der Waals surface area contributed by atoms with E-state index in [4.69, 9.17) is 0 Å². The zero-order chi connectivity index (χ0) is 20.4. The number of carbonyl (C=O) groups excluding carboxylic acids is 1. The molecule has 1 aromatic carbocycles. The van der Waals surface area contributed by atoms with E-state index in [2.05, 4.69) is 39.8 Å². The summed E-state index contributed by atoms with van der Waals surface area (Å²) >= 11 is 1.75. The minimum absolute atomic E-state index is 0.0471. The number of nitrogens with one attached hydrogen (secondary N) is 3. The molecule has 0 aliphatic rings. The van der Waals surface area contributed by atoms with Crippen molar-refractivity contribution in [3.05, 3.63) is 45.4 Å². The Morgan fingerprint density at radius 3 is 2.71 bits per heavy atom. The smallest absolute Gasteiger partial charge is 0.224 e. The minimum Gasteiger partial charge on any atom is -0.357 e. The molecule has 2 aromatic rings. The van der Waals surface area contributed by atoms with Gasteiger partial charge in [-0.15, -0.1) is 11.3 Å². The topological polar surface area (TPSA) is 78.4 Å². The van der Waals surface area contributed by atoms with E-state index in [-0.39, 0.29) is 5.91 Å². The molecule has 1 aromatic heterocycles. The Hall–Kier alpha value is -2.41. The van der Waals surface area contributed by atoms with Crippen LogP contribution in [0.3, 0.4) is 0 Å². The molecular weight excluding hydrogens is 370 g/mol. The lowest BCUT2D eigenvalue weighted by molar-refractivity contribution is -0.116. The predicted molar refractivity (Wildman–Crippen MR) is 118 cm³/mol. The highest BCUT2D eigenvalue weighted by atomic mass is 32.1. The molecule has 0 bridgehead atoms. The van der Waals surface area contributed by atoms with Crippen molar-refractivity contribution in [2.24, 2.45) is 4.99 Å². The van der Waals surface area contributed by atoms with Gasteiger partial charge in [-0.1, -0.05) is 19.1 Å². The molecule has 0 aliphatic carbocycles. The number of carbonyl (C=O) groups is 1. The zero-order valence-electron chi connectivity index (χ0n) is 17.3. The molecule has 7 heteroatoms. The summed E-state index contributed by atoms with van der Waals surface area (Å²) in [7, 11) is 0. The number of anilines is 1. The van der Waals surface area contributed by atoms with Crippen molar-refractivity contribution in [3.63, 3.8) is 0 Å². The normalized spacial score (nSPS) is 11.4. The summed E-state index contributed by atoms with van der Waals surface area (Å²) in [6.45, 7) is 10.3. The number of nitrogens with zero attached hydrogens (tertiary/aromatic N) is 2. The average molecular weight is 402 g/mol. The highest BCUT2D eigenvalue weighted by Crippen LogP contribution is 2.16. The fraction of sp³-hybridized carbons (Fsp3) is 0.476. The molecule has 152 valence electrons. The van der Waals surface area contributed by atoms with Crippen LogP contribution in [-0.2, 0) is 17.8 Å². The van der Waals surface area contributed by atoms with Crippen LogP contribution in [0.15, 0.2) is 29.3 Å². The maximum absolute atomic E-state index is 11.8. The number of aliphatic imine (C=N–C) groups is 1. The quantitative estimate of drug-likeness (QED) is 0.441. The molecule has 28 heavy (non-hydrogen) atoms. The van der Waals surface area contributed by atoms with E-state index in [1.54, 1.807) is 11.3 Å². The molecule has 0 spiro atoms. The lowest BCUT2D eigenvalue weighted by Crippen LogP contribution is -2.38. The SMILES string of the molecule is CCCC(=O)Nc1cccc(CN=C(NCC)NCCc2nc(C)c(C)s2)c1. The molecule has 0 radical (unpaired) electrons. The number of rotatable bonds is 9. The van der Waals surface area contributed by atoms with Crippen molar-refractivity contribution in [2.45, 2.75) is 53.5 Å². The van der Waals surface area contributed by atoms with E-state index in [0.717, 1.165) is 53.8 Å². The number of aromatic nitrogens is 1. The van der Waals surface area contributed by atoms with Crippen molar-refractivity contribution in [2.75, 3.05) is 18.4 Å². The number of hydrogen-bond acceptors (Lipinski definition) is 4. The molecule has 2 rings (SSSR count). The number of guanidine groups is 1. The van der Waals surface area contributed by atoms with Gasteiger partial charge in [0.15, 0.2) is 5.96 Å². The summed E-state index contributed by atoms with van der Waals surface area (Å²) in [4.78, 5) is 22.3. The third kappa shape index (κ3) is 7.31. The van der Waals surface area contributed by atoms with Gasteiger partial charge >= 0.3 is 0 Å². The molecule has 0 aliphatic heterocycles. The number of benzene rings is 1. The Kier molecular flexibility index (Phi) is 8.94. The van der Waals surface area contributed by atoms with Crippen LogP contribution in [0.4, 0.5) is 5.69 Å². The van der Waals surface area contributed by atoms with Gasteiger partial charge < -0.3 is 16.0 Å². The third-order valence-electron chi connectivity index (χ3n) is 4.16. The maximum Gasteiger partial charge on any atom is 0.224 e. The molecule has 0 saturated heterocycles. The first kappa shape index (κ1) is 21.9. The van der Waals surface area contributed by atoms with Crippen LogP contribution in [0.2, 0.25) is 0 Å². The van der Waals surface area contributed by atoms with Crippen LogP contribution in [0.1, 0.15) is 47.8 Å². The van der Waals surface area contributed by atoms with Crippen molar-refractivity contribution >= 4 is 28.9 Å². The summed E-state index contributed by atoms with van der Waals surface area (Å²) in [6.07, 6.45) is 2.26. The maximum atomic E-state index is 11.8. The molecular formula is C21H31N5OS. The average Bonchev–Trinajstić information content (AvgIpc) is 2.98. The minimum atomic E-state index is 0.0471. The van der Waals surface area contributed by atoms with Gasteiger partial charge in [0.05, 0.1) is 17.2 Å². The number of amides is 1. The lowest BCUT2D eigenvalue weighted by Gasteiger charge is -2.11. The second-order valence-electron chi connectivity index (χ2n) is 6.62. The second kappa shape index (κ2) is 11.4. The fourth-order valence-corrected chi connectivity index (χ4v) is 3.58. The fourth-order valence-electron chi connectivity index (χ4n) is 2.64. The standard InChI is InChI=1S/C21H31N5OS/c1-5-8-19(27)26-18-10-7-9-17(13-18)14-24-21(22-6-2)23-12-11-20-25-15(3)16(4)28-20/h7,9-10,13H,5-6,8,11-12,14H2,1-4H3,(H,26,27)(H2,22,23,24). The zero-order valence-corrected chi connectivity index (χ0v) is 18.1. The van der Waals surface area contributed by atoms with Crippen LogP contribution >= 0.6 is 11.3 Å². The second-order valence-corrected chi connectivity index (χ2v) is 7.91. The molecule has 3 N–H and O–H groups in total. The number of hydrogen-bond donors (Lipinski definition) is 3. The van der Waals surface area contributed by atoms with Gasteiger partial charge in [0.1, 0.15) is 0 Å². The number of aryl methyl sites for hydroxylation is 2. The van der Waals surface area contributed by atoms with Gasteiger partial charge in [0.25, 0.3) is 0 Å². The summed E-state index contributed by atoms with van der Waals surface area (Å²) < 4.78 is 0. The monoisotopic (exact) mass is 401 g/mol. The van der Waals surface area contributed by atoms with Gasteiger partial charge in [0, 0.05) is 36.5 Å². The largest absolute Gasteiger partial charge is 0.357 e. The van der Waals surface area contributed by atoms with E-state index in [0.29, 0.717) is 13.0 Å². The molecule has 1 amide bonds. The van der Waals surface area contributed by atoms with E-state index in [1.165, 1.54) is 4.88 Å².